The second-order valence-electron chi connectivity index (χ2n) is 7.81. The smallest absolute Gasteiger partial charge is 0.338 e. The van der Waals surface area contributed by atoms with Crippen LogP contribution >= 0.6 is 22.9 Å². The molecule has 8 nitrogen and oxygen atoms in total. The minimum absolute atomic E-state index is 0.203. The van der Waals surface area contributed by atoms with Crippen LogP contribution in [0.1, 0.15) is 31.0 Å². The van der Waals surface area contributed by atoms with Crippen molar-refractivity contribution in [2.75, 3.05) is 27.9 Å². The second kappa shape index (κ2) is 10.6. The van der Waals surface area contributed by atoms with E-state index in [1.165, 1.54) is 37.2 Å². The van der Waals surface area contributed by atoms with Gasteiger partial charge in [0.1, 0.15) is 0 Å². The SMILES string of the molecule is CCOC(=O)C1=C(C)N=c2sc(=Cc3cc(OC)c(OC)c(OC)c3)c(=O)n2C1c1ccc(Cl)cc1. The first kappa shape index (κ1) is 25.5. The van der Waals surface area contributed by atoms with Gasteiger partial charge in [0.05, 0.1) is 49.8 Å². The van der Waals surface area contributed by atoms with Gasteiger partial charge < -0.3 is 18.9 Å². The van der Waals surface area contributed by atoms with Gasteiger partial charge in [-0.3, -0.25) is 9.36 Å². The van der Waals surface area contributed by atoms with Crippen LogP contribution in [-0.2, 0) is 9.53 Å². The first-order valence-corrected chi connectivity index (χ1v) is 12.3. The van der Waals surface area contributed by atoms with Crippen molar-refractivity contribution < 1.29 is 23.7 Å². The van der Waals surface area contributed by atoms with Crippen LogP contribution in [0.3, 0.4) is 0 Å². The zero-order valence-corrected chi connectivity index (χ0v) is 22.0. The number of ether oxygens (including phenoxy) is 4. The van der Waals surface area contributed by atoms with E-state index in [9.17, 15) is 9.59 Å². The molecule has 4 rings (SSSR count). The maximum absolute atomic E-state index is 13.7. The number of esters is 1. The molecule has 36 heavy (non-hydrogen) atoms. The highest BCUT2D eigenvalue weighted by molar-refractivity contribution is 7.07. The lowest BCUT2D eigenvalue weighted by Gasteiger charge is -2.24. The minimum Gasteiger partial charge on any atom is -0.493 e. The molecule has 1 unspecified atom stereocenters. The Kier molecular flexibility index (Phi) is 7.51. The molecule has 1 aromatic heterocycles. The Morgan fingerprint density at radius 2 is 1.75 bits per heavy atom. The second-order valence-corrected chi connectivity index (χ2v) is 9.26. The van der Waals surface area contributed by atoms with Crippen LogP contribution in [0.5, 0.6) is 17.2 Å². The zero-order valence-electron chi connectivity index (χ0n) is 20.5. The van der Waals surface area contributed by atoms with Crippen LogP contribution in [-0.4, -0.2) is 38.5 Å². The summed E-state index contributed by atoms with van der Waals surface area (Å²) in [5, 5.41) is 0.548. The molecule has 3 aromatic rings. The fourth-order valence-electron chi connectivity index (χ4n) is 4.09. The quantitative estimate of drug-likeness (QED) is 0.436. The molecule has 188 valence electrons. The van der Waals surface area contributed by atoms with Crippen LogP contribution < -0.4 is 29.1 Å². The van der Waals surface area contributed by atoms with E-state index in [0.717, 1.165) is 5.56 Å². The lowest BCUT2D eigenvalue weighted by molar-refractivity contribution is -0.139. The molecule has 10 heteroatoms. The van der Waals surface area contributed by atoms with Crippen LogP contribution in [0, 0.1) is 0 Å². The molecule has 1 atom stereocenters. The highest BCUT2D eigenvalue weighted by Crippen LogP contribution is 2.38. The Morgan fingerprint density at radius 3 is 2.31 bits per heavy atom. The van der Waals surface area contributed by atoms with Gasteiger partial charge in [-0.15, -0.1) is 0 Å². The molecule has 0 fully saturated rings. The predicted octanol–water partition coefficient (Wildman–Crippen LogP) is 3.48. The molecule has 0 amide bonds. The number of allylic oxidation sites excluding steroid dienone is 1. The van der Waals surface area contributed by atoms with Gasteiger partial charge in [-0.05, 0) is 55.3 Å². The number of halogens is 1. The molecule has 0 saturated heterocycles. The highest BCUT2D eigenvalue weighted by atomic mass is 35.5. The van der Waals surface area contributed by atoms with Gasteiger partial charge in [0.15, 0.2) is 16.3 Å². The largest absolute Gasteiger partial charge is 0.493 e. The standard InChI is InChI=1S/C26H25ClN2O6S/c1-6-35-25(31)21-14(2)28-26-29(22(21)16-7-9-17(27)10-8-16)24(30)20(36-26)13-15-11-18(32-3)23(34-5)19(12-15)33-4/h7-13,22H,6H2,1-5H3. The molecule has 0 aliphatic carbocycles. The molecule has 2 heterocycles. The average Bonchev–Trinajstić information content (AvgIpc) is 3.17. The summed E-state index contributed by atoms with van der Waals surface area (Å²) in [6.45, 7) is 3.68. The minimum atomic E-state index is -0.709. The van der Waals surface area contributed by atoms with E-state index in [-0.39, 0.29) is 12.2 Å². The van der Waals surface area contributed by atoms with Crippen LogP contribution in [0.15, 0.2) is 57.5 Å². The number of nitrogens with zero attached hydrogens (tertiary/aromatic N) is 2. The van der Waals surface area contributed by atoms with Crippen LogP contribution in [0.4, 0.5) is 0 Å². The number of thiazole rings is 1. The molecule has 0 saturated carbocycles. The molecule has 1 aliphatic rings. The molecular formula is C26H25ClN2O6S. The number of methoxy groups -OCH3 is 3. The molecule has 0 radical (unpaired) electrons. The number of aromatic nitrogens is 1. The van der Waals surface area contributed by atoms with E-state index < -0.39 is 12.0 Å². The van der Waals surface area contributed by atoms with Gasteiger partial charge in [0.25, 0.3) is 5.56 Å². The van der Waals surface area contributed by atoms with Crippen molar-refractivity contribution in [1.29, 1.82) is 0 Å². The summed E-state index contributed by atoms with van der Waals surface area (Å²) >= 11 is 7.33. The van der Waals surface area contributed by atoms with Gasteiger partial charge in [-0.25, -0.2) is 9.79 Å². The number of benzene rings is 2. The monoisotopic (exact) mass is 528 g/mol. The summed E-state index contributed by atoms with van der Waals surface area (Å²) < 4.78 is 23.5. The normalized spacial score (nSPS) is 15.3. The molecular weight excluding hydrogens is 504 g/mol. The van der Waals surface area contributed by atoms with Crippen molar-refractivity contribution in [2.45, 2.75) is 19.9 Å². The van der Waals surface area contributed by atoms with Crippen molar-refractivity contribution in [1.82, 2.24) is 4.57 Å². The Balaban J connectivity index is 1.94. The molecule has 0 bridgehead atoms. The third kappa shape index (κ3) is 4.64. The van der Waals surface area contributed by atoms with Crippen LogP contribution in [0.25, 0.3) is 6.08 Å². The summed E-state index contributed by atoms with van der Waals surface area (Å²) in [6, 6.07) is 9.83. The number of rotatable bonds is 7. The van der Waals surface area contributed by atoms with Crippen LogP contribution in [0.2, 0.25) is 5.02 Å². The lowest BCUT2D eigenvalue weighted by Crippen LogP contribution is -2.39. The first-order chi connectivity index (χ1) is 17.3. The van der Waals surface area contributed by atoms with Crippen molar-refractivity contribution in [3.8, 4) is 17.2 Å². The Labute approximate surface area is 216 Å². The van der Waals surface area contributed by atoms with E-state index in [1.54, 1.807) is 56.3 Å². The van der Waals surface area contributed by atoms with E-state index in [4.69, 9.17) is 30.5 Å². The fraction of sp³-hybridized carbons (Fsp3) is 0.269. The molecule has 0 N–H and O–H groups in total. The molecule has 2 aromatic carbocycles. The van der Waals surface area contributed by atoms with E-state index >= 15 is 0 Å². The van der Waals surface area contributed by atoms with Gasteiger partial charge in [-0.2, -0.15) is 0 Å². The Hall–Kier alpha value is -3.56. The van der Waals surface area contributed by atoms with Crippen molar-refractivity contribution in [3.05, 3.63) is 83.5 Å². The fourth-order valence-corrected chi connectivity index (χ4v) is 5.26. The van der Waals surface area contributed by atoms with Gasteiger partial charge in [0.2, 0.25) is 5.75 Å². The summed E-state index contributed by atoms with van der Waals surface area (Å²) in [6.07, 6.45) is 1.73. The van der Waals surface area contributed by atoms with Gasteiger partial charge >= 0.3 is 5.97 Å². The summed E-state index contributed by atoms with van der Waals surface area (Å²) in [5.74, 6) is 0.874. The number of carbonyl (C=O) groups is 1. The lowest BCUT2D eigenvalue weighted by atomic mass is 9.96. The van der Waals surface area contributed by atoms with E-state index in [2.05, 4.69) is 4.99 Å². The zero-order chi connectivity index (χ0) is 26.0. The molecule has 0 spiro atoms. The maximum Gasteiger partial charge on any atom is 0.338 e. The van der Waals surface area contributed by atoms with Crippen molar-refractivity contribution in [2.24, 2.45) is 4.99 Å². The van der Waals surface area contributed by atoms with E-state index in [1.807, 2.05) is 0 Å². The summed E-state index contributed by atoms with van der Waals surface area (Å²) in [7, 11) is 4.58. The third-order valence-corrected chi connectivity index (χ3v) is 6.92. The third-order valence-electron chi connectivity index (χ3n) is 5.69. The summed E-state index contributed by atoms with van der Waals surface area (Å²) in [4.78, 5) is 31.7. The highest BCUT2D eigenvalue weighted by Gasteiger charge is 2.33. The van der Waals surface area contributed by atoms with E-state index in [0.29, 0.717) is 48.4 Å². The summed E-state index contributed by atoms with van der Waals surface area (Å²) in [5.41, 5.74) is 1.91. The Morgan fingerprint density at radius 1 is 1.11 bits per heavy atom. The van der Waals surface area contributed by atoms with Crippen molar-refractivity contribution >= 4 is 35.0 Å². The Bertz CT molecular complexity index is 1500. The number of hydrogen-bond acceptors (Lipinski definition) is 8. The maximum atomic E-state index is 13.7. The topological polar surface area (TPSA) is 88.4 Å². The molecule has 1 aliphatic heterocycles. The number of carbonyl (C=O) groups excluding carboxylic acids is 1. The van der Waals surface area contributed by atoms with Gasteiger partial charge in [0, 0.05) is 5.02 Å². The predicted molar refractivity (Wildman–Crippen MR) is 138 cm³/mol. The number of fused-ring (bicyclic) bond motifs is 1. The number of hydrogen-bond donors (Lipinski definition) is 0. The van der Waals surface area contributed by atoms with Crippen molar-refractivity contribution in [3.63, 3.8) is 0 Å². The first-order valence-electron chi connectivity index (χ1n) is 11.1. The van der Waals surface area contributed by atoms with Gasteiger partial charge in [-0.1, -0.05) is 35.1 Å². The average molecular weight is 529 g/mol.